The van der Waals surface area contributed by atoms with Crippen LogP contribution in [-0.4, -0.2) is 34.7 Å². The van der Waals surface area contributed by atoms with E-state index in [0.29, 0.717) is 17.4 Å². The van der Waals surface area contributed by atoms with E-state index in [4.69, 9.17) is 5.73 Å². The number of rotatable bonds is 7. The van der Waals surface area contributed by atoms with Crippen LogP contribution in [0.5, 0.6) is 0 Å². The minimum absolute atomic E-state index is 0.140. The van der Waals surface area contributed by atoms with Crippen molar-refractivity contribution in [2.45, 2.75) is 19.8 Å². The first-order chi connectivity index (χ1) is 9.86. The number of primary amides is 1. The molecule has 0 aliphatic heterocycles. The molecule has 0 unspecified atom stereocenters. The fraction of sp³-hybridized carbons (Fsp3) is 0.385. The van der Waals surface area contributed by atoms with Gasteiger partial charge in [-0.1, -0.05) is 13.3 Å². The third kappa shape index (κ3) is 4.82. The van der Waals surface area contributed by atoms with Crippen molar-refractivity contribution in [3.05, 3.63) is 38.3 Å². The molecule has 0 aliphatic rings. The molecule has 0 aromatic heterocycles. The summed E-state index contributed by atoms with van der Waals surface area (Å²) in [7, 11) is 0. The summed E-state index contributed by atoms with van der Waals surface area (Å²) >= 11 is 3.20. The lowest BCUT2D eigenvalue weighted by Crippen LogP contribution is -2.39. The Balaban J connectivity index is 3.09. The summed E-state index contributed by atoms with van der Waals surface area (Å²) in [6.45, 7) is 2.11. The predicted molar refractivity (Wildman–Crippen MR) is 80.8 cm³/mol. The molecule has 114 valence electrons. The van der Waals surface area contributed by atoms with E-state index in [1.54, 1.807) is 0 Å². The highest BCUT2D eigenvalue weighted by Crippen LogP contribution is 2.24. The third-order valence-corrected chi connectivity index (χ3v) is 3.50. The molecule has 1 aromatic carbocycles. The molecular weight excluding hydrogens is 342 g/mol. The number of unbranched alkanes of at least 4 members (excludes halogenated alkanes) is 1. The smallest absolute Gasteiger partial charge is 0.270 e. The summed E-state index contributed by atoms with van der Waals surface area (Å²) in [6.07, 6.45) is 1.56. The molecule has 0 heterocycles. The van der Waals surface area contributed by atoms with Crippen LogP contribution in [0.4, 0.5) is 5.69 Å². The number of nitro groups is 1. The van der Waals surface area contributed by atoms with Gasteiger partial charge in [0.2, 0.25) is 5.91 Å². The van der Waals surface area contributed by atoms with Gasteiger partial charge in [0.15, 0.2) is 0 Å². The molecule has 0 spiro atoms. The van der Waals surface area contributed by atoms with Gasteiger partial charge < -0.3 is 10.6 Å². The Hall–Kier alpha value is -1.96. The first-order valence-corrected chi connectivity index (χ1v) is 7.17. The summed E-state index contributed by atoms with van der Waals surface area (Å²) in [6, 6.07) is 3.92. The number of halogens is 1. The molecule has 7 nitrogen and oxygen atoms in total. The number of carbonyl (C=O) groups excluding carboxylic acids is 2. The van der Waals surface area contributed by atoms with Crippen molar-refractivity contribution in [1.82, 2.24) is 4.90 Å². The van der Waals surface area contributed by atoms with Crippen LogP contribution in [-0.2, 0) is 4.79 Å². The van der Waals surface area contributed by atoms with E-state index in [0.717, 1.165) is 6.42 Å². The average Bonchev–Trinajstić information content (AvgIpc) is 2.42. The molecule has 0 aliphatic carbocycles. The molecule has 0 saturated heterocycles. The zero-order valence-electron chi connectivity index (χ0n) is 11.5. The number of benzene rings is 1. The molecule has 1 aromatic rings. The highest BCUT2D eigenvalue weighted by molar-refractivity contribution is 9.10. The van der Waals surface area contributed by atoms with E-state index in [1.807, 2.05) is 6.92 Å². The van der Waals surface area contributed by atoms with E-state index < -0.39 is 16.7 Å². The summed E-state index contributed by atoms with van der Waals surface area (Å²) in [4.78, 5) is 35.0. The van der Waals surface area contributed by atoms with Crippen LogP contribution in [0.1, 0.15) is 30.1 Å². The molecule has 0 atom stereocenters. The Labute approximate surface area is 130 Å². The van der Waals surface area contributed by atoms with Crippen LogP contribution in [0, 0.1) is 10.1 Å². The monoisotopic (exact) mass is 357 g/mol. The Morgan fingerprint density at radius 3 is 2.62 bits per heavy atom. The average molecular weight is 358 g/mol. The Kier molecular flexibility index (Phi) is 6.29. The maximum atomic E-state index is 12.4. The van der Waals surface area contributed by atoms with Crippen molar-refractivity contribution >= 4 is 33.4 Å². The minimum Gasteiger partial charge on any atom is -0.368 e. The standard InChI is InChI=1S/C13H16BrN3O4/c1-2-3-6-16(8-12(15)18)13(19)10-7-9(17(20)21)4-5-11(10)14/h4-5,7H,2-3,6,8H2,1H3,(H2,15,18). The second-order valence-electron chi connectivity index (χ2n) is 4.47. The summed E-state index contributed by atoms with van der Waals surface area (Å²) in [5.41, 5.74) is 5.10. The van der Waals surface area contributed by atoms with Crippen molar-refractivity contribution in [3.8, 4) is 0 Å². The van der Waals surface area contributed by atoms with Crippen molar-refractivity contribution in [2.24, 2.45) is 5.73 Å². The quantitative estimate of drug-likeness (QED) is 0.595. The topological polar surface area (TPSA) is 107 Å². The van der Waals surface area contributed by atoms with Gasteiger partial charge in [0.05, 0.1) is 17.0 Å². The van der Waals surface area contributed by atoms with E-state index >= 15 is 0 Å². The predicted octanol–water partition coefficient (Wildman–Crippen LogP) is 2.08. The highest BCUT2D eigenvalue weighted by atomic mass is 79.9. The van der Waals surface area contributed by atoms with Crippen LogP contribution < -0.4 is 5.73 Å². The summed E-state index contributed by atoms with van der Waals surface area (Å²) in [5, 5.41) is 10.8. The van der Waals surface area contributed by atoms with Gasteiger partial charge in [-0.25, -0.2) is 0 Å². The van der Waals surface area contributed by atoms with Gasteiger partial charge in [0, 0.05) is 23.2 Å². The fourth-order valence-electron chi connectivity index (χ4n) is 1.75. The van der Waals surface area contributed by atoms with Crippen LogP contribution in [0.25, 0.3) is 0 Å². The van der Waals surface area contributed by atoms with Crippen molar-refractivity contribution in [2.75, 3.05) is 13.1 Å². The minimum atomic E-state index is -0.624. The van der Waals surface area contributed by atoms with E-state index in [9.17, 15) is 19.7 Å². The number of non-ortho nitro benzene ring substituents is 1. The zero-order chi connectivity index (χ0) is 16.0. The number of carbonyl (C=O) groups is 2. The van der Waals surface area contributed by atoms with Crippen LogP contribution in [0.2, 0.25) is 0 Å². The number of hydrogen-bond acceptors (Lipinski definition) is 4. The zero-order valence-corrected chi connectivity index (χ0v) is 13.1. The first-order valence-electron chi connectivity index (χ1n) is 6.38. The lowest BCUT2D eigenvalue weighted by atomic mass is 10.1. The number of nitro benzene ring substituents is 1. The second kappa shape index (κ2) is 7.72. The molecule has 0 bridgehead atoms. The van der Waals surface area contributed by atoms with E-state index in [2.05, 4.69) is 15.9 Å². The Morgan fingerprint density at radius 1 is 1.43 bits per heavy atom. The highest BCUT2D eigenvalue weighted by Gasteiger charge is 2.22. The summed E-state index contributed by atoms with van der Waals surface area (Å²) in [5.74, 6) is -1.08. The van der Waals surface area contributed by atoms with Gasteiger partial charge in [-0.2, -0.15) is 0 Å². The lowest BCUT2D eigenvalue weighted by Gasteiger charge is -2.21. The van der Waals surface area contributed by atoms with Gasteiger partial charge in [-0.05, 0) is 28.4 Å². The molecule has 2 N–H and O–H groups in total. The Bertz CT molecular complexity index is 562. The van der Waals surface area contributed by atoms with Gasteiger partial charge >= 0.3 is 0 Å². The number of hydrogen-bond donors (Lipinski definition) is 1. The number of nitrogens with two attached hydrogens (primary N) is 1. The van der Waals surface area contributed by atoms with Crippen molar-refractivity contribution in [3.63, 3.8) is 0 Å². The maximum Gasteiger partial charge on any atom is 0.270 e. The molecule has 2 amide bonds. The van der Waals surface area contributed by atoms with Gasteiger partial charge in [-0.3, -0.25) is 19.7 Å². The van der Waals surface area contributed by atoms with Crippen molar-refractivity contribution in [1.29, 1.82) is 0 Å². The van der Waals surface area contributed by atoms with Crippen molar-refractivity contribution < 1.29 is 14.5 Å². The molecule has 0 fully saturated rings. The molecular formula is C13H16BrN3O4. The molecule has 21 heavy (non-hydrogen) atoms. The van der Waals surface area contributed by atoms with Crippen LogP contribution >= 0.6 is 15.9 Å². The van der Waals surface area contributed by atoms with E-state index in [-0.39, 0.29) is 17.8 Å². The van der Waals surface area contributed by atoms with Crippen LogP contribution in [0.15, 0.2) is 22.7 Å². The van der Waals surface area contributed by atoms with Gasteiger partial charge in [0.1, 0.15) is 0 Å². The SMILES string of the molecule is CCCCN(CC(N)=O)C(=O)c1cc([N+](=O)[O-])ccc1Br. The van der Waals surface area contributed by atoms with Crippen LogP contribution in [0.3, 0.4) is 0 Å². The normalized spacial score (nSPS) is 10.2. The number of nitrogens with zero attached hydrogens (tertiary/aromatic N) is 2. The maximum absolute atomic E-state index is 12.4. The number of amides is 2. The van der Waals surface area contributed by atoms with Gasteiger partial charge in [0.25, 0.3) is 11.6 Å². The fourth-order valence-corrected chi connectivity index (χ4v) is 2.17. The van der Waals surface area contributed by atoms with Gasteiger partial charge in [-0.15, -0.1) is 0 Å². The molecule has 0 saturated carbocycles. The largest absolute Gasteiger partial charge is 0.368 e. The lowest BCUT2D eigenvalue weighted by molar-refractivity contribution is -0.384. The summed E-state index contributed by atoms with van der Waals surface area (Å²) < 4.78 is 0.434. The Morgan fingerprint density at radius 2 is 2.10 bits per heavy atom. The molecule has 8 heteroatoms. The third-order valence-electron chi connectivity index (χ3n) is 2.81. The molecule has 0 radical (unpaired) electrons. The molecule has 1 rings (SSSR count). The second-order valence-corrected chi connectivity index (χ2v) is 5.32. The van der Waals surface area contributed by atoms with E-state index in [1.165, 1.54) is 23.1 Å². The first kappa shape index (κ1) is 17.1.